The van der Waals surface area contributed by atoms with Gasteiger partial charge in [-0.1, -0.05) is 35.5 Å². The third-order valence-corrected chi connectivity index (χ3v) is 3.83. The summed E-state index contributed by atoms with van der Waals surface area (Å²) < 4.78 is 5.37. The molecule has 0 aliphatic carbocycles. The lowest BCUT2D eigenvalue weighted by Gasteiger charge is -2.34. The highest BCUT2D eigenvalue weighted by Gasteiger charge is 2.31. The van der Waals surface area contributed by atoms with Gasteiger partial charge in [0.05, 0.1) is 0 Å². The maximum Gasteiger partial charge on any atom is 0.256 e. The molecule has 21 heavy (non-hydrogen) atoms. The number of likely N-dealkylation sites (tertiary alicyclic amines) is 1. The van der Waals surface area contributed by atoms with Crippen LogP contribution in [0.15, 0.2) is 35.5 Å². The fourth-order valence-electron chi connectivity index (χ4n) is 2.67. The molecule has 1 amide bonds. The summed E-state index contributed by atoms with van der Waals surface area (Å²) in [6.07, 6.45) is 1.04. The van der Waals surface area contributed by atoms with Gasteiger partial charge in [0.15, 0.2) is 6.10 Å². The summed E-state index contributed by atoms with van der Waals surface area (Å²) in [5.41, 5.74) is 6.49. The Kier molecular flexibility index (Phi) is 5.16. The van der Waals surface area contributed by atoms with Crippen molar-refractivity contribution in [3.05, 3.63) is 35.9 Å². The quantitative estimate of drug-likeness (QED) is 0.379. The second-order valence-corrected chi connectivity index (χ2v) is 5.17. The zero-order valence-electron chi connectivity index (χ0n) is 12.1. The lowest BCUT2D eigenvalue weighted by molar-refractivity contribution is -0.143. The van der Waals surface area contributed by atoms with E-state index in [2.05, 4.69) is 5.16 Å². The van der Waals surface area contributed by atoms with Crippen molar-refractivity contribution in [1.29, 1.82) is 0 Å². The van der Waals surface area contributed by atoms with Gasteiger partial charge >= 0.3 is 0 Å². The molecule has 2 unspecified atom stereocenters. The van der Waals surface area contributed by atoms with Gasteiger partial charge in [-0.2, -0.15) is 0 Å². The lowest BCUT2D eigenvalue weighted by atomic mass is 9.96. The third-order valence-electron chi connectivity index (χ3n) is 3.83. The van der Waals surface area contributed by atoms with Gasteiger partial charge in [0.2, 0.25) is 0 Å². The van der Waals surface area contributed by atoms with Crippen LogP contribution in [0.4, 0.5) is 0 Å². The van der Waals surface area contributed by atoms with Crippen LogP contribution in [0.5, 0.6) is 0 Å². The monoisotopic (exact) mass is 291 g/mol. The minimum Gasteiger partial charge on any atom is -0.409 e. The summed E-state index contributed by atoms with van der Waals surface area (Å²) in [4.78, 5) is 14.4. The summed E-state index contributed by atoms with van der Waals surface area (Å²) in [5.74, 6) is 0.00120. The summed E-state index contributed by atoms with van der Waals surface area (Å²) in [6, 6.07) is 9.40. The first-order chi connectivity index (χ1) is 10.2. The van der Waals surface area contributed by atoms with Crippen molar-refractivity contribution >= 4 is 11.7 Å². The second kappa shape index (κ2) is 7.08. The molecule has 3 N–H and O–H groups in total. The predicted octanol–water partition coefficient (Wildman–Crippen LogP) is 1.36. The van der Waals surface area contributed by atoms with E-state index >= 15 is 0 Å². The van der Waals surface area contributed by atoms with Crippen LogP contribution < -0.4 is 5.73 Å². The largest absolute Gasteiger partial charge is 0.409 e. The number of nitrogens with zero attached hydrogens (tertiary/aromatic N) is 2. The molecule has 0 bridgehead atoms. The first-order valence-electron chi connectivity index (χ1n) is 7.01. The molecule has 1 aromatic rings. The van der Waals surface area contributed by atoms with Crippen LogP contribution in [-0.4, -0.2) is 42.0 Å². The van der Waals surface area contributed by atoms with Crippen LogP contribution in [0, 0.1) is 5.92 Å². The van der Waals surface area contributed by atoms with E-state index in [1.165, 1.54) is 7.11 Å². The fourth-order valence-corrected chi connectivity index (χ4v) is 2.67. The molecule has 1 aliphatic rings. The van der Waals surface area contributed by atoms with Crippen molar-refractivity contribution in [2.45, 2.75) is 18.9 Å². The van der Waals surface area contributed by atoms with Gasteiger partial charge in [-0.3, -0.25) is 4.79 Å². The highest BCUT2D eigenvalue weighted by atomic mass is 16.5. The molecule has 6 nitrogen and oxygen atoms in total. The standard InChI is InChI=1S/C15H21N3O3/c1-21-13(11-6-3-2-4-7-11)15(19)18-9-5-8-12(10-18)14(16)17-20/h2-4,6-7,12-13,20H,5,8-10H2,1H3,(H2,16,17). The molecule has 6 heteroatoms. The predicted molar refractivity (Wildman–Crippen MR) is 78.9 cm³/mol. The van der Waals surface area contributed by atoms with Crippen LogP contribution in [0.25, 0.3) is 0 Å². The van der Waals surface area contributed by atoms with Crippen molar-refractivity contribution in [3.63, 3.8) is 0 Å². The minimum atomic E-state index is -0.614. The van der Waals surface area contributed by atoms with Crippen molar-refractivity contribution in [2.24, 2.45) is 16.8 Å². The van der Waals surface area contributed by atoms with E-state index in [1.807, 2.05) is 30.3 Å². The van der Waals surface area contributed by atoms with Crippen LogP contribution in [0.3, 0.4) is 0 Å². The Labute approximate surface area is 124 Å². The topological polar surface area (TPSA) is 88.2 Å². The van der Waals surface area contributed by atoms with Gasteiger partial charge in [0.25, 0.3) is 5.91 Å². The van der Waals surface area contributed by atoms with Gasteiger partial charge in [-0.15, -0.1) is 0 Å². The van der Waals surface area contributed by atoms with Crippen molar-refractivity contribution < 1.29 is 14.7 Å². The van der Waals surface area contributed by atoms with E-state index in [0.717, 1.165) is 18.4 Å². The summed E-state index contributed by atoms with van der Waals surface area (Å²) in [7, 11) is 1.53. The maximum absolute atomic E-state index is 12.6. The molecule has 0 aromatic heterocycles. The van der Waals surface area contributed by atoms with E-state index in [4.69, 9.17) is 15.7 Å². The number of ether oxygens (including phenoxy) is 1. The number of nitrogens with two attached hydrogens (primary N) is 1. The van der Waals surface area contributed by atoms with E-state index in [1.54, 1.807) is 4.90 Å². The number of carbonyl (C=O) groups is 1. The molecule has 1 aliphatic heterocycles. The van der Waals surface area contributed by atoms with Gasteiger partial charge < -0.3 is 20.6 Å². The number of piperidine rings is 1. The highest BCUT2D eigenvalue weighted by molar-refractivity contribution is 5.85. The number of oxime groups is 1. The molecule has 2 rings (SSSR count). The molecular weight excluding hydrogens is 270 g/mol. The molecule has 0 saturated carbocycles. The lowest BCUT2D eigenvalue weighted by Crippen LogP contribution is -2.46. The first-order valence-corrected chi connectivity index (χ1v) is 7.01. The van der Waals surface area contributed by atoms with Crippen LogP contribution >= 0.6 is 0 Å². The number of carbonyl (C=O) groups excluding carboxylic acids is 1. The second-order valence-electron chi connectivity index (χ2n) is 5.17. The molecular formula is C15H21N3O3. The molecule has 2 atom stereocenters. The average molecular weight is 291 g/mol. The minimum absolute atomic E-state index is 0.0841. The number of benzene rings is 1. The van der Waals surface area contributed by atoms with Crippen LogP contribution in [0.1, 0.15) is 24.5 Å². The van der Waals surface area contributed by atoms with Gasteiger partial charge in [-0.05, 0) is 18.4 Å². The Bertz CT molecular complexity index is 504. The van der Waals surface area contributed by atoms with Crippen molar-refractivity contribution in [2.75, 3.05) is 20.2 Å². The summed E-state index contributed by atoms with van der Waals surface area (Å²) >= 11 is 0. The number of amidine groups is 1. The Morgan fingerprint density at radius 3 is 2.81 bits per heavy atom. The van der Waals surface area contributed by atoms with Gasteiger partial charge in [-0.25, -0.2) is 0 Å². The Hall–Kier alpha value is -2.08. The van der Waals surface area contributed by atoms with Gasteiger partial charge in [0.1, 0.15) is 5.84 Å². The number of rotatable bonds is 4. The zero-order chi connectivity index (χ0) is 15.2. The average Bonchev–Trinajstić information content (AvgIpc) is 2.55. The first kappa shape index (κ1) is 15.3. The van der Waals surface area contributed by atoms with E-state index < -0.39 is 6.10 Å². The van der Waals surface area contributed by atoms with Crippen LogP contribution in [-0.2, 0) is 9.53 Å². The summed E-state index contributed by atoms with van der Waals surface area (Å²) in [5, 5.41) is 11.8. The van der Waals surface area contributed by atoms with E-state index in [-0.39, 0.29) is 17.7 Å². The van der Waals surface area contributed by atoms with Gasteiger partial charge in [0, 0.05) is 26.1 Å². The van der Waals surface area contributed by atoms with Crippen molar-refractivity contribution in [1.82, 2.24) is 4.90 Å². The number of methoxy groups -OCH3 is 1. The Balaban J connectivity index is 2.11. The summed E-state index contributed by atoms with van der Waals surface area (Å²) in [6.45, 7) is 1.13. The highest BCUT2D eigenvalue weighted by Crippen LogP contribution is 2.23. The van der Waals surface area contributed by atoms with Crippen LogP contribution in [0.2, 0.25) is 0 Å². The molecule has 114 valence electrons. The smallest absolute Gasteiger partial charge is 0.256 e. The molecule has 1 saturated heterocycles. The zero-order valence-corrected chi connectivity index (χ0v) is 12.1. The normalized spacial score (nSPS) is 21.1. The fraction of sp³-hybridized carbons (Fsp3) is 0.467. The molecule has 1 fully saturated rings. The number of hydrogen-bond acceptors (Lipinski definition) is 4. The Morgan fingerprint density at radius 1 is 1.48 bits per heavy atom. The molecule has 0 radical (unpaired) electrons. The Morgan fingerprint density at radius 2 is 2.19 bits per heavy atom. The molecule has 1 aromatic carbocycles. The van der Waals surface area contributed by atoms with E-state index in [9.17, 15) is 4.79 Å². The third kappa shape index (κ3) is 3.52. The number of hydrogen-bond donors (Lipinski definition) is 2. The molecule has 1 heterocycles. The SMILES string of the molecule is COC(C(=O)N1CCCC(C(N)=NO)C1)c1ccccc1. The van der Waals surface area contributed by atoms with Crippen molar-refractivity contribution in [3.8, 4) is 0 Å². The molecule has 0 spiro atoms. The van der Waals surface area contributed by atoms with E-state index in [0.29, 0.717) is 13.1 Å². The number of amides is 1. The maximum atomic E-state index is 12.6.